The molecule has 2 heteroatoms. The van der Waals surface area contributed by atoms with E-state index in [0.717, 1.165) is 29.1 Å². The summed E-state index contributed by atoms with van der Waals surface area (Å²) in [7, 11) is 0. The molecule has 0 spiro atoms. The van der Waals surface area contributed by atoms with Gasteiger partial charge in [0.2, 0.25) is 0 Å². The SMILES string of the molecule is CCC(C)CC(=O)c1c(C)oc(C)c1C. The Kier molecular flexibility index (Phi) is 3.72. The Morgan fingerprint density at radius 1 is 1.27 bits per heavy atom. The van der Waals surface area contributed by atoms with E-state index in [4.69, 9.17) is 4.42 Å². The van der Waals surface area contributed by atoms with Crippen LogP contribution in [-0.2, 0) is 0 Å². The second-order valence-corrected chi connectivity index (χ2v) is 4.36. The molecule has 0 N–H and O–H groups in total. The van der Waals surface area contributed by atoms with Crippen molar-refractivity contribution in [2.24, 2.45) is 5.92 Å². The number of ketones is 1. The zero-order valence-electron chi connectivity index (χ0n) is 10.3. The first-order valence-electron chi connectivity index (χ1n) is 5.57. The van der Waals surface area contributed by atoms with E-state index in [1.165, 1.54) is 0 Å². The smallest absolute Gasteiger partial charge is 0.166 e. The van der Waals surface area contributed by atoms with Gasteiger partial charge in [-0.2, -0.15) is 0 Å². The zero-order valence-corrected chi connectivity index (χ0v) is 10.3. The molecule has 0 aliphatic heterocycles. The van der Waals surface area contributed by atoms with Gasteiger partial charge in [-0.25, -0.2) is 0 Å². The summed E-state index contributed by atoms with van der Waals surface area (Å²) in [5, 5.41) is 0. The molecule has 0 aliphatic carbocycles. The molecule has 15 heavy (non-hydrogen) atoms. The zero-order chi connectivity index (χ0) is 11.6. The molecule has 84 valence electrons. The highest BCUT2D eigenvalue weighted by atomic mass is 16.3. The van der Waals surface area contributed by atoms with Crippen LogP contribution in [0.3, 0.4) is 0 Å². The Labute approximate surface area is 91.7 Å². The molecule has 0 bridgehead atoms. The number of rotatable bonds is 4. The normalized spacial score (nSPS) is 12.9. The lowest BCUT2D eigenvalue weighted by Gasteiger charge is -2.06. The van der Waals surface area contributed by atoms with Crippen molar-refractivity contribution in [3.63, 3.8) is 0 Å². The van der Waals surface area contributed by atoms with Crippen LogP contribution in [0.5, 0.6) is 0 Å². The van der Waals surface area contributed by atoms with E-state index in [9.17, 15) is 4.79 Å². The van der Waals surface area contributed by atoms with Gasteiger partial charge in [-0.1, -0.05) is 20.3 Å². The van der Waals surface area contributed by atoms with Crippen LogP contribution in [0.2, 0.25) is 0 Å². The van der Waals surface area contributed by atoms with Crippen LogP contribution in [0.15, 0.2) is 4.42 Å². The summed E-state index contributed by atoms with van der Waals surface area (Å²) in [4.78, 5) is 12.0. The molecule has 1 atom stereocenters. The van der Waals surface area contributed by atoms with Crippen LogP contribution in [0, 0.1) is 26.7 Å². The van der Waals surface area contributed by atoms with Crippen LogP contribution in [0.25, 0.3) is 0 Å². The van der Waals surface area contributed by atoms with Gasteiger partial charge in [-0.3, -0.25) is 4.79 Å². The largest absolute Gasteiger partial charge is 0.466 e. The topological polar surface area (TPSA) is 30.2 Å². The van der Waals surface area contributed by atoms with E-state index in [-0.39, 0.29) is 5.78 Å². The van der Waals surface area contributed by atoms with Crippen molar-refractivity contribution in [1.82, 2.24) is 0 Å². The van der Waals surface area contributed by atoms with E-state index in [1.54, 1.807) is 0 Å². The molecular weight excluding hydrogens is 188 g/mol. The lowest BCUT2D eigenvalue weighted by molar-refractivity contribution is 0.0961. The van der Waals surface area contributed by atoms with E-state index < -0.39 is 0 Å². The number of carbonyl (C=O) groups is 1. The minimum absolute atomic E-state index is 0.219. The molecule has 0 aromatic carbocycles. The summed E-state index contributed by atoms with van der Waals surface area (Å²) in [5.74, 6) is 2.29. The minimum Gasteiger partial charge on any atom is -0.466 e. The van der Waals surface area contributed by atoms with Gasteiger partial charge >= 0.3 is 0 Å². The van der Waals surface area contributed by atoms with Crippen molar-refractivity contribution in [3.05, 3.63) is 22.6 Å². The molecule has 0 saturated heterocycles. The summed E-state index contributed by atoms with van der Waals surface area (Å²) in [6.07, 6.45) is 1.66. The second-order valence-electron chi connectivity index (χ2n) is 4.36. The van der Waals surface area contributed by atoms with E-state index in [0.29, 0.717) is 12.3 Å². The molecule has 2 nitrogen and oxygen atoms in total. The average Bonchev–Trinajstić information content (AvgIpc) is 2.41. The first-order chi connectivity index (χ1) is 6.97. The molecule has 0 radical (unpaired) electrons. The molecule has 1 heterocycles. The summed E-state index contributed by atoms with van der Waals surface area (Å²) in [6, 6.07) is 0. The third-order valence-corrected chi connectivity index (χ3v) is 3.07. The monoisotopic (exact) mass is 208 g/mol. The van der Waals surface area contributed by atoms with Gasteiger partial charge in [-0.15, -0.1) is 0 Å². The molecule has 1 aromatic heterocycles. The summed E-state index contributed by atoms with van der Waals surface area (Å²) < 4.78 is 5.46. The number of carbonyl (C=O) groups excluding carboxylic acids is 1. The van der Waals surface area contributed by atoms with Crippen LogP contribution in [-0.4, -0.2) is 5.78 Å². The molecule has 0 amide bonds. The van der Waals surface area contributed by atoms with Crippen molar-refractivity contribution in [3.8, 4) is 0 Å². The Morgan fingerprint density at radius 2 is 1.87 bits per heavy atom. The highest BCUT2D eigenvalue weighted by molar-refractivity contribution is 5.98. The van der Waals surface area contributed by atoms with E-state index >= 15 is 0 Å². The third kappa shape index (κ3) is 2.49. The van der Waals surface area contributed by atoms with Gasteiger partial charge in [-0.05, 0) is 26.7 Å². The van der Waals surface area contributed by atoms with Crippen LogP contribution in [0.1, 0.15) is 54.1 Å². The molecule has 0 saturated carbocycles. The highest BCUT2D eigenvalue weighted by Crippen LogP contribution is 2.23. The van der Waals surface area contributed by atoms with Gasteiger partial charge in [0.1, 0.15) is 11.5 Å². The van der Waals surface area contributed by atoms with Crippen LogP contribution in [0.4, 0.5) is 0 Å². The maximum atomic E-state index is 12.0. The van der Waals surface area contributed by atoms with Crippen LogP contribution < -0.4 is 0 Å². The number of Topliss-reactive ketones (excluding diaryl/α,β-unsaturated/α-hetero) is 1. The Bertz CT molecular complexity index is 361. The Hall–Kier alpha value is -1.05. The van der Waals surface area contributed by atoms with Crippen LogP contribution >= 0.6 is 0 Å². The first kappa shape index (κ1) is 12.0. The molecule has 1 rings (SSSR count). The Balaban J connectivity index is 2.91. The average molecular weight is 208 g/mol. The minimum atomic E-state index is 0.219. The maximum Gasteiger partial charge on any atom is 0.166 e. The standard InChI is InChI=1S/C13H20O2/c1-6-8(2)7-12(14)13-9(3)10(4)15-11(13)5/h8H,6-7H2,1-5H3. The lowest BCUT2D eigenvalue weighted by atomic mass is 9.96. The number of aryl methyl sites for hydroxylation is 2. The van der Waals surface area contributed by atoms with Gasteiger partial charge in [0, 0.05) is 12.0 Å². The van der Waals surface area contributed by atoms with Crippen molar-refractivity contribution in [1.29, 1.82) is 0 Å². The predicted octanol–water partition coefficient (Wildman–Crippen LogP) is 3.82. The first-order valence-corrected chi connectivity index (χ1v) is 5.57. The maximum absolute atomic E-state index is 12.0. The fourth-order valence-corrected chi connectivity index (χ4v) is 1.77. The Morgan fingerprint density at radius 3 is 2.27 bits per heavy atom. The van der Waals surface area contributed by atoms with Crippen molar-refractivity contribution >= 4 is 5.78 Å². The summed E-state index contributed by atoms with van der Waals surface area (Å²) in [6.45, 7) is 9.94. The molecule has 1 aromatic rings. The number of furan rings is 1. The fraction of sp³-hybridized carbons (Fsp3) is 0.615. The quantitative estimate of drug-likeness (QED) is 0.704. The summed E-state index contributed by atoms with van der Waals surface area (Å²) in [5.41, 5.74) is 1.80. The van der Waals surface area contributed by atoms with Gasteiger partial charge in [0.15, 0.2) is 5.78 Å². The predicted molar refractivity (Wildman–Crippen MR) is 61.3 cm³/mol. The second kappa shape index (κ2) is 4.65. The summed E-state index contributed by atoms with van der Waals surface area (Å²) >= 11 is 0. The van der Waals surface area contributed by atoms with Gasteiger partial charge in [0.25, 0.3) is 0 Å². The van der Waals surface area contributed by atoms with Crippen molar-refractivity contribution in [2.45, 2.75) is 47.5 Å². The number of hydrogen-bond acceptors (Lipinski definition) is 2. The molecule has 0 fully saturated rings. The van der Waals surface area contributed by atoms with Crippen molar-refractivity contribution < 1.29 is 9.21 Å². The third-order valence-electron chi connectivity index (χ3n) is 3.07. The van der Waals surface area contributed by atoms with Gasteiger partial charge in [0.05, 0.1) is 5.56 Å². The molecular formula is C13H20O2. The van der Waals surface area contributed by atoms with E-state index in [1.807, 2.05) is 20.8 Å². The highest BCUT2D eigenvalue weighted by Gasteiger charge is 2.19. The lowest BCUT2D eigenvalue weighted by Crippen LogP contribution is -2.07. The molecule has 0 aliphatic rings. The molecule has 1 unspecified atom stereocenters. The number of hydrogen-bond donors (Lipinski definition) is 0. The van der Waals surface area contributed by atoms with Crippen molar-refractivity contribution in [2.75, 3.05) is 0 Å². The fourth-order valence-electron chi connectivity index (χ4n) is 1.77. The van der Waals surface area contributed by atoms with Gasteiger partial charge < -0.3 is 4.42 Å². The van der Waals surface area contributed by atoms with E-state index in [2.05, 4.69) is 13.8 Å².